The van der Waals surface area contributed by atoms with Crippen molar-refractivity contribution >= 4 is 39.9 Å². The molecule has 9 nitrogen and oxygen atoms in total. The van der Waals surface area contributed by atoms with E-state index in [1.165, 1.54) is 5.56 Å². The maximum Gasteiger partial charge on any atom is 0.324 e. The number of carbonyl (C=O) groups excluding carboxylic acids is 1. The normalized spacial score (nSPS) is 10.9. The Morgan fingerprint density at radius 3 is 2.33 bits per heavy atom. The molecule has 0 fully saturated rings. The molecule has 0 radical (unpaired) electrons. The van der Waals surface area contributed by atoms with Gasteiger partial charge in [0.2, 0.25) is 11.8 Å². The molecule has 2 aromatic heterocycles. The molecule has 0 saturated heterocycles. The SMILES string of the molecule is CCCCc1cc(NC(=O)Nc2ccc(Oc3ccnc(Nc4ccc(C)cc4)n3)c3ccccc23)n(-c2ccc(C)cc2)n1. The fourth-order valence-electron chi connectivity index (χ4n) is 4.96. The van der Waals surface area contributed by atoms with Crippen LogP contribution in [0, 0.1) is 13.8 Å². The number of aromatic nitrogens is 4. The number of ether oxygens (including phenoxy) is 1. The van der Waals surface area contributed by atoms with Crippen LogP contribution in [-0.4, -0.2) is 25.8 Å². The minimum atomic E-state index is -0.369. The molecule has 0 atom stereocenters. The Morgan fingerprint density at radius 2 is 1.58 bits per heavy atom. The Labute approximate surface area is 262 Å². The van der Waals surface area contributed by atoms with E-state index < -0.39 is 0 Å². The van der Waals surface area contributed by atoms with Crippen LogP contribution in [0.1, 0.15) is 36.6 Å². The number of aryl methyl sites for hydroxylation is 3. The van der Waals surface area contributed by atoms with Crippen molar-refractivity contribution in [2.24, 2.45) is 0 Å². The first-order valence-corrected chi connectivity index (χ1v) is 15.1. The summed E-state index contributed by atoms with van der Waals surface area (Å²) in [6.45, 7) is 6.23. The molecule has 0 aliphatic heterocycles. The van der Waals surface area contributed by atoms with Gasteiger partial charge in [-0.1, -0.05) is 73.0 Å². The van der Waals surface area contributed by atoms with Gasteiger partial charge in [-0.2, -0.15) is 10.1 Å². The molecule has 0 saturated carbocycles. The zero-order valence-corrected chi connectivity index (χ0v) is 25.5. The first-order chi connectivity index (χ1) is 21.9. The van der Waals surface area contributed by atoms with Gasteiger partial charge in [0.25, 0.3) is 0 Å². The number of unbranched alkanes of at least 4 members (excludes halogenated alkanes) is 1. The number of anilines is 4. The van der Waals surface area contributed by atoms with Crippen LogP contribution >= 0.6 is 0 Å². The van der Waals surface area contributed by atoms with E-state index in [0.29, 0.717) is 29.1 Å². The molecule has 3 N–H and O–H groups in total. The van der Waals surface area contributed by atoms with Crippen molar-refractivity contribution < 1.29 is 9.53 Å². The molecule has 45 heavy (non-hydrogen) atoms. The lowest BCUT2D eigenvalue weighted by atomic mass is 10.1. The van der Waals surface area contributed by atoms with Crippen LogP contribution in [0.25, 0.3) is 16.5 Å². The van der Waals surface area contributed by atoms with Gasteiger partial charge in [0.1, 0.15) is 11.6 Å². The number of hydrogen-bond acceptors (Lipinski definition) is 6. The summed E-state index contributed by atoms with van der Waals surface area (Å²) in [7, 11) is 0. The van der Waals surface area contributed by atoms with E-state index >= 15 is 0 Å². The third-order valence-corrected chi connectivity index (χ3v) is 7.35. The molecule has 0 aliphatic rings. The van der Waals surface area contributed by atoms with Crippen LogP contribution in [-0.2, 0) is 6.42 Å². The highest BCUT2D eigenvalue weighted by Gasteiger charge is 2.15. The van der Waals surface area contributed by atoms with E-state index in [9.17, 15) is 4.79 Å². The second kappa shape index (κ2) is 13.3. The molecule has 0 unspecified atom stereocenters. The monoisotopic (exact) mass is 597 g/mol. The third kappa shape index (κ3) is 7.10. The van der Waals surface area contributed by atoms with E-state index in [4.69, 9.17) is 9.84 Å². The van der Waals surface area contributed by atoms with Crippen molar-refractivity contribution in [3.63, 3.8) is 0 Å². The van der Waals surface area contributed by atoms with Gasteiger partial charge in [0.15, 0.2) is 0 Å². The van der Waals surface area contributed by atoms with Gasteiger partial charge in [-0.3, -0.25) is 5.32 Å². The summed E-state index contributed by atoms with van der Waals surface area (Å²) in [5.74, 6) is 2.03. The lowest BCUT2D eigenvalue weighted by molar-refractivity contribution is 0.262. The largest absolute Gasteiger partial charge is 0.438 e. The van der Waals surface area contributed by atoms with E-state index in [-0.39, 0.29) is 6.03 Å². The van der Waals surface area contributed by atoms with Crippen molar-refractivity contribution in [2.75, 3.05) is 16.0 Å². The second-order valence-corrected chi connectivity index (χ2v) is 10.9. The zero-order valence-electron chi connectivity index (χ0n) is 25.5. The quantitative estimate of drug-likeness (QED) is 0.146. The van der Waals surface area contributed by atoms with Gasteiger partial charge in [-0.25, -0.2) is 14.5 Å². The summed E-state index contributed by atoms with van der Waals surface area (Å²) in [4.78, 5) is 22.2. The standard InChI is InChI=1S/C36H35N7O2/c1-4-5-8-27-23-33(43(42-27)28-17-13-25(3)14-18-28)40-36(44)39-31-19-20-32(30-10-7-6-9-29(30)31)45-34-21-22-37-35(41-34)38-26-15-11-24(2)12-16-26/h6-7,9-23H,4-5,8H2,1-3H3,(H,37,38,41)(H2,39,40,44). The first kappa shape index (κ1) is 29.4. The zero-order chi connectivity index (χ0) is 31.2. The predicted octanol–water partition coefficient (Wildman–Crippen LogP) is 8.95. The number of amides is 2. The minimum Gasteiger partial charge on any atom is -0.438 e. The van der Waals surface area contributed by atoms with Crippen molar-refractivity contribution in [1.29, 1.82) is 0 Å². The van der Waals surface area contributed by atoms with E-state index in [0.717, 1.165) is 52.7 Å². The number of benzene rings is 4. The number of hydrogen-bond donors (Lipinski definition) is 3. The van der Waals surface area contributed by atoms with E-state index in [2.05, 4.69) is 32.8 Å². The topological polar surface area (TPSA) is 106 Å². The van der Waals surface area contributed by atoms with Crippen LogP contribution in [0.2, 0.25) is 0 Å². The molecule has 0 spiro atoms. The Morgan fingerprint density at radius 1 is 0.844 bits per heavy atom. The molecule has 6 rings (SSSR count). The summed E-state index contributed by atoms with van der Waals surface area (Å²) in [6.07, 6.45) is 4.58. The molecular formula is C36H35N7O2. The van der Waals surface area contributed by atoms with Crippen LogP contribution in [0.15, 0.2) is 103 Å². The lowest BCUT2D eigenvalue weighted by Gasteiger charge is -2.14. The van der Waals surface area contributed by atoms with Crippen LogP contribution < -0.4 is 20.7 Å². The summed E-state index contributed by atoms with van der Waals surface area (Å²) in [6, 6.07) is 30.7. The van der Waals surface area contributed by atoms with Crippen LogP contribution in [0.3, 0.4) is 0 Å². The molecule has 2 heterocycles. The lowest BCUT2D eigenvalue weighted by Crippen LogP contribution is -2.21. The maximum atomic E-state index is 13.4. The van der Waals surface area contributed by atoms with Gasteiger partial charge in [0.05, 0.1) is 17.1 Å². The smallest absolute Gasteiger partial charge is 0.324 e. The first-order valence-electron chi connectivity index (χ1n) is 15.1. The van der Waals surface area contributed by atoms with Gasteiger partial charge >= 0.3 is 6.03 Å². The number of carbonyl (C=O) groups is 1. The highest BCUT2D eigenvalue weighted by molar-refractivity contribution is 6.07. The number of rotatable bonds is 10. The molecular weight excluding hydrogens is 562 g/mol. The summed E-state index contributed by atoms with van der Waals surface area (Å²) in [5.41, 5.74) is 5.67. The maximum absolute atomic E-state index is 13.4. The average Bonchev–Trinajstić information content (AvgIpc) is 3.45. The van der Waals surface area contributed by atoms with Gasteiger partial charge in [-0.05, 0) is 63.1 Å². The highest BCUT2D eigenvalue weighted by Crippen LogP contribution is 2.34. The third-order valence-electron chi connectivity index (χ3n) is 7.35. The summed E-state index contributed by atoms with van der Waals surface area (Å²) >= 11 is 0. The van der Waals surface area contributed by atoms with Gasteiger partial charge in [0, 0.05) is 34.8 Å². The van der Waals surface area contributed by atoms with Crippen molar-refractivity contribution in [3.05, 3.63) is 120 Å². The Kier molecular flexibility index (Phi) is 8.68. The van der Waals surface area contributed by atoms with Crippen LogP contribution in [0.5, 0.6) is 11.6 Å². The second-order valence-electron chi connectivity index (χ2n) is 10.9. The number of urea groups is 1. The molecule has 6 aromatic rings. The number of fused-ring (bicyclic) bond motifs is 1. The number of nitrogens with zero attached hydrogens (tertiary/aromatic N) is 4. The highest BCUT2D eigenvalue weighted by atomic mass is 16.5. The van der Waals surface area contributed by atoms with Crippen molar-refractivity contribution in [3.8, 4) is 17.3 Å². The minimum absolute atomic E-state index is 0.369. The molecule has 0 aliphatic carbocycles. The van der Waals surface area contributed by atoms with E-state index in [1.54, 1.807) is 16.9 Å². The fraction of sp³-hybridized carbons (Fsp3) is 0.167. The Hall–Kier alpha value is -5.70. The van der Waals surface area contributed by atoms with Crippen molar-refractivity contribution in [1.82, 2.24) is 19.7 Å². The number of nitrogens with one attached hydrogen (secondary N) is 3. The molecule has 9 heteroatoms. The summed E-state index contributed by atoms with van der Waals surface area (Å²) < 4.78 is 8.00. The van der Waals surface area contributed by atoms with E-state index in [1.807, 2.05) is 105 Å². The van der Waals surface area contributed by atoms with Gasteiger partial charge < -0.3 is 15.4 Å². The molecule has 226 valence electrons. The predicted molar refractivity (Wildman–Crippen MR) is 180 cm³/mol. The van der Waals surface area contributed by atoms with Crippen molar-refractivity contribution in [2.45, 2.75) is 40.0 Å². The fourth-order valence-corrected chi connectivity index (χ4v) is 4.96. The average molecular weight is 598 g/mol. The molecule has 2 amide bonds. The molecule has 4 aromatic carbocycles. The Bertz CT molecular complexity index is 1930. The summed E-state index contributed by atoms with van der Waals surface area (Å²) in [5, 5.41) is 15.7. The Balaban J connectivity index is 1.21. The van der Waals surface area contributed by atoms with Crippen LogP contribution in [0.4, 0.5) is 27.9 Å². The molecule has 0 bridgehead atoms. The van der Waals surface area contributed by atoms with Gasteiger partial charge in [-0.15, -0.1) is 0 Å².